The Balaban J connectivity index is 1.46. The highest BCUT2D eigenvalue weighted by Crippen LogP contribution is 2.23. The molecule has 2 aromatic rings. The van der Waals surface area contributed by atoms with Gasteiger partial charge in [-0.2, -0.15) is 0 Å². The van der Waals surface area contributed by atoms with Gasteiger partial charge in [-0.15, -0.1) is 0 Å². The van der Waals surface area contributed by atoms with E-state index in [1.165, 1.54) is 5.56 Å². The molecule has 0 amide bonds. The summed E-state index contributed by atoms with van der Waals surface area (Å²) in [4.78, 5) is 4.82. The van der Waals surface area contributed by atoms with Gasteiger partial charge in [0.25, 0.3) is 0 Å². The van der Waals surface area contributed by atoms with Gasteiger partial charge in [0.15, 0.2) is 0 Å². The van der Waals surface area contributed by atoms with Crippen LogP contribution in [-0.2, 0) is 6.54 Å². The molecule has 126 valence electrons. The van der Waals surface area contributed by atoms with E-state index in [9.17, 15) is 5.11 Å². The summed E-state index contributed by atoms with van der Waals surface area (Å²) in [5.41, 5.74) is 2.15. The van der Waals surface area contributed by atoms with E-state index < -0.39 is 0 Å². The SMILES string of the molecule is Oc1ccc(Cl)cc1CN1CCN(C/C=C/c2ccccc2)CC1. The number of piperazine rings is 1. The van der Waals surface area contributed by atoms with E-state index in [0.29, 0.717) is 10.8 Å². The fourth-order valence-corrected chi connectivity index (χ4v) is 3.15. The summed E-state index contributed by atoms with van der Waals surface area (Å²) in [6, 6.07) is 15.6. The van der Waals surface area contributed by atoms with Gasteiger partial charge >= 0.3 is 0 Å². The molecule has 0 unspecified atom stereocenters. The lowest BCUT2D eigenvalue weighted by molar-refractivity contribution is 0.136. The molecule has 1 N–H and O–H groups in total. The molecule has 24 heavy (non-hydrogen) atoms. The van der Waals surface area contributed by atoms with Crippen molar-refractivity contribution in [3.05, 3.63) is 70.8 Å². The van der Waals surface area contributed by atoms with Gasteiger partial charge in [-0.25, -0.2) is 0 Å². The molecule has 1 aliphatic heterocycles. The van der Waals surface area contributed by atoms with Gasteiger partial charge in [-0.05, 0) is 23.8 Å². The Labute approximate surface area is 148 Å². The molecule has 2 aromatic carbocycles. The van der Waals surface area contributed by atoms with Crippen LogP contribution in [0.15, 0.2) is 54.6 Å². The van der Waals surface area contributed by atoms with Gasteiger partial charge in [0.1, 0.15) is 5.75 Å². The average Bonchev–Trinajstić information content (AvgIpc) is 2.61. The van der Waals surface area contributed by atoms with Crippen LogP contribution in [0, 0.1) is 0 Å². The van der Waals surface area contributed by atoms with E-state index in [0.717, 1.165) is 44.8 Å². The van der Waals surface area contributed by atoms with Crippen molar-refractivity contribution in [2.75, 3.05) is 32.7 Å². The Morgan fingerprint density at radius 1 is 0.958 bits per heavy atom. The lowest BCUT2D eigenvalue weighted by atomic mass is 10.1. The molecular weight excluding hydrogens is 320 g/mol. The third-order valence-electron chi connectivity index (χ3n) is 4.37. The third-order valence-corrected chi connectivity index (χ3v) is 4.61. The van der Waals surface area contributed by atoms with Crippen LogP contribution >= 0.6 is 11.6 Å². The van der Waals surface area contributed by atoms with Crippen molar-refractivity contribution in [2.45, 2.75) is 6.54 Å². The highest BCUT2D eigenvalue weighted by atomic mass is 35.5. The van der Waals surface area contributed by atoms with Gasteiger partial charge in [-0.3, -0.25) is 9.80 Å². The van der Waals surface area contributed by atoms with E-state index in [2.05, 4.69) is 46.2 Å². The second-order valence-electron chi connectivity index (χ2n) is 6.16. The van der Waals surface area contributed by atoms with Gasteiger partial charge in [-0.1, -0.05) is 54.1 Å². The van der Waals surface area contributed by atoms with Crippen LogP contribution in [0.1, 0.15) is 11.1 Å². The van der Waals surface area contributed by atoms with Crippen LogP contribution in [-0.4, -0.2) is 47.6 Å². The molecule has 1 heterocycles. The van der Waals surface area contributed by atoms with Gasteiger partial charge in [0.2, 0.25) is 0 Å². The summed E-state index contributed by atoms with van der Waals surface area (Å²) in [5.74, 6) is 0.327. The molecule has 1 saturated heterocycles. The molecule has 1 fully saturated rings. The first-order valence-corrected chi connectivity index (χ1v) is 8.72. The highest BCUT2D eigenvalue weighted by molar-refractivity contribution is 6.30. The Kier molecular flexibility index (Phi) is 5.91. The molecule has 0 saturated carbocycles. The average molecular weight is 343 g/mol. The molecule has 3 rings (SSSR count). The predicted octanol–water partition coefficient (Wildman–Crippen LogP) is 3.88. The zero-order chi connectivity index (χ0) is 16.8. The Hall–Kier alpha value is -1.81. The van der Waals surface area contributed by atoms with E-state index in [4.69, 9.17) is 11.6 Å². The number of hydrogen-bond acceptors (Lipinski definition) is 3. The third kappa shape index (κ3) is 4.84. The smallest absolute Gasteiger partial charge is 0.120 e. The van der Waals surface area contributed by atoms with Crippen molar-refractivity contribution in [3.63, 3.8) is 0 Å². The van der Waals surface area contributed by atoms with E-state index >= 15 is 0 Å². The minimum absolute atomic E-state index is 0.327. The largest absolute Gasteiger partial charge is 0.508 e. The van der Waals surface area contributed by atoms with Crippen molar-refractivity contribution >= 4 is 17.7 Å². The molecular formula is C20H23ClN2O. The minimum atomic E-state index is 0.327. The normalized spacial score (nSPS) is 16.7. The Bertz CT molecular complexity index is 679. The second-order valence-corrected chi connectivity index (χ2v) is 6.60. The van der Waals surface area contributed by atoms with Crippen LogP contribution < -0.4 is 0 Å². The number of nitrogens with zero attached hydrogens (tertiary/aromatic N) is 2. The van der Waals surface area contributed by atoms with Crippen LogP contribution in [0.2, 0.25) is 5.02 Å². The van der Waals surface area contributed by atoms with Crippen molar-refractivity contribution < 1.29 is 5.11 Å². The van der Waals surface area contributed by atoms with Crippen LogP contribution in [0.3, 0.4) is 0 Å². The van der Waals surface area contributed by atoms with Crippen molar-refractivity contribution in [1.29, 1.82) is 0 Å². The lowest BCUT2D eigenvalue weighted by Crippen LogP contribution is -2.45. The van der Waals surface area contributed by atoms with Crippen molar-refractivity contribution in [1.82, 2.24) is 9.80 Å². The Morgan fingerprint density at radius 3 is 2.42 bits per heavy atom. The quantitative estimate of drug-likeness (QED) is 0.893. The van der Waals surface area contributed by atoms with E-state index in [1.54, 1.807) is 12.1 Å². The number of aromatic hydroxyl groups is 1. The Morgan fingerprint density at radius 2 is 1.67 bits per heavy atom. The maximum Gasteiger partial charge on any atom is 0.120 e. The first kappa shape index (κ1) is 17.0. The molecule has 1 aliphatic rings. The molecule has 0 atom stereocenters. The summed E-state index contributed by atoms with van der Waals surface area (Å²) in [6.07, 6.45) is 4.41. The number of phenolic OH excluding ortho intramolecular Hbond substituents is 1. The van der Waals surface area contributed by atoms with Crippen molar-refractivity contribution in [2.24, 2.45) is 0 Å². The second kappa shape index (κ2) is 8.34. The summed E-state index contributed by atoms with van der Waals surface area (Å²) in [5, 5.41) is 10.6. The minimum Gasteiger partial charge on any atom is -0.508 e. The summed E-state index contributed by atoms with van der Waals surface area (Å²) in [6.45, 7) is 5.82. The maximum absolute atomic E-state index is 9.94. The summed E-state index contributed by atoms with van der Waals surface area (Å²) >= 11 is 6.02. The van der Waals surface area contributed by atoms with Crippen molar-refractivity contribution in [3.8, 4) is 5.75 Å². The van der Waals surface area contributed by atoms with Crippen LogP contribution in [0.25, 0.3) is 6.08 Å². The zero-order valence-electron chi connectivity index (χ0n) is 13.7. The summed E-state index contributed by atoms with van der Waals surface area (Å²) < 4.78 is 0. The standard InChI is InChI=1S/C20H23ClN2O/c21-19-8-9-20(24)18(15-19)16-23-13-11-22(12-14-23)10-4-7-17-5-2-1-3-6-17/h1-9,15,24H,10-14,16H2/b7-4+. The zero-order valence-corrected chi connectivity index (χ0v) is 14.5. The van der Waals surface area contributed by atoms with Gasteiger partial charge in [0.05, 0.1) is 0 Å². The maximum atomic E-state index is 9.94. The number of benzene rings is 2. The van der Waals surface area contributed by atoms with E-state index in [-0.39, 0.29) is 0 Å². The first-order chi connectivity index (χ1) is 11.7. The van der Waals surface area contributed by atoms with Gasteiger partial charge < -0.3 is 5.11 Å². The molecule has 0 aliphatic carbocycles. The van der Waals surface area contributed by atoms with E-state index in [1.807, 2.05) is 12.1 Å². The fraction of sp³-hybridized carbons (Fsp3) is 0.300. The topological polar surface area (TPSA) is 26.7 Å². The fourth-order valence-electron chi connectivity index (χ4n) is 2.95. The van der Waals surface area contributed by atoms with Gasteiger partial charge in [0, 0.05) is 49.9 Å². The van der Waals surface area contributed by atoms with Crippen LogP contribution in [0.4, 0.5) is 0 Å². The molecule has 0 radical (unpaired) electrons. The lowest BCUT2D eigenvalue weighted by Gasteiger charge is -2.34. The number of rotatable bonds is 5. The molecule has 3 nitrogen and oxygen atoms in total. The first-order valence-electron chi connectivity index (χ1n) is 8.34. The number of phenols is 1. The molecule has 0 spiro atoms. The number of hydrogen-bond donors (Lipinski definition) is 1. The van der Waals surface area contributed by atoms with Crippen LogP contribution in [0.5, 0.6) is 5.75 Å². The number of halogens is 1. The molecule has 0 aromatic heterocycles. The molecule has 4 heteroatoms. The monoisotopic (exact) mass is 342 g/mol. The predicted molar refractivity (Wildman–Crippen MR) is 100 cm³/mol. The highest BCUT2D eigenvalue weighted by Gasteiger charge is 2.17. The summed E-state index contributed by atoms with van der Waals surface area (Å²) in [7, 11) is 0. The molecule has 0 bridgehead atoms.